The number of hydrogen-bond acceptors (Lipinski definition) is 2. The summed E-state index contributed by atoms with van der Waals surface area (Å²) in [5.74, 6) is 0.812. The van der Waals surface area contributed by atoms with Gasteiger partial charge in [0.2, 0.25) is 0 Å². The van der Waals surface area contributed by atoms with Crippen molar-refractivity contribution < 1.29 is 4.74 Å². The van der Waals surface area contributed by atoms with E-state index in [9.17, 15) is 0 Å². The molecule has 0 N–H and O–H groups in total. The van der Waals surface area contributed by atoms with Crippen LogP contribution in [0, 0.1) is 11.2 Å². The number of hydrogen-bond donors (Lipinski definition) is 0. The molecule has 0 aliphatic carbocycles. The van der Waals surface area contributed by atoms with Crippen molar-refractivity contribution in [1.29, 1.82) is 0 Å². The summed E-state index contributed by atoms with van der Waals surface area (Å²) in [7, 11) is 1.68. The fourth-order valence-corrected chi connectivity index (χ4v) is 3.18. The van der Waals surface area contributed by atoms with E-state index >= 15 is 0 Å². The third-order valence-corrected chi connectivity index (χ3v) is 4.02. The second kappa shape index (κ2) is 6.30. The van der Waals surface area contributed by atoms with Gasteiger partial charge in [-0.3, -0.25) is 0 Å². The molecule has 3 aromatic rings. The van der Waals surface area contributed by atoms with E-state index in [4.69, 9.17) is 4.74 Å². The van der Waals surface area contributed by atoms with Crippen molar-refractivity contribution in [3.63, 3.8) is 0 Å². The molecule has 0 saturated heterocycles. The first-order valence-electron chi connectivity index (χ1n) is 7.00. The molecule has 1 heterocycles. The van der Waals surface area contributed by atoms with Gasteiger partial charge in [0.1, 0.15) is 0 Å². The molecule has 0 aliphatic rings. The minimum absolute atomic E-state index is 0.809. The first-order valence-corrected chi connectivity index (χ1v) is 7.86. The van der Waals surface area contributed by atoms with Crippen LogP contribution in [0.25, 0.3) is 16.9 Å². The molecule has 0 atom stereocenters. The van der Waals surface area contributed by atoms with Crippen molar-refractivity contribution in [3.05, 3.63) is 70.7 Å². The topological polar surface area (TPSA) is 27.1 Å². The summed E-state index contributed by atoms with van der Waals surface area (Å²) in [5, 5.41) is 0. The molecule has 0 saturated carbocycles. The van der Waals surface area contributed by atoms with Crippen LogP contribution in [0.15, 0.2) is 60.7 Å². The maximum atomic E-state index is 5.51. The van der Waals surface area contributed by atoms with Gasteiger partial charge in [-0.25, -0.2) is 0 Å². The van der Waals surface area contributed by atoms with Crippen LogP contribution in [0.2, 0.25) is 0 Å². The Bertz CT molecular complexity index is 856. The molecule has 3 nitrogen and oxygen atoms in total. The SMILES string of the molecule is COc1ccccc1-n1c(-c2ccccc2)cc(C)nc1=[Se]. The maximum absolute atomic E-state index is 5.51. The normalized spacial score (nSPS) is 10.5. The van der Waals surface area contributed by atoms with E-state index in [2.05, 4.69) is 43.3 Å². The van der Waals surface area contributed by atoms with Gasteiger partial charge in [0, 0.05) is 0 Å². The van der Waals surface area contributed by atoms with Gasteiger partial charge in [-0.1, -0.05) is 0 Å². The zero-order valence-corrected chi connectivity index (χ0v) is 14.2. The first kappa shape index (κ1) is 14.8. The van der Waals surface area contributed by atoms with Crippen molar-refractivity contribution in [1.82, 2.24) is 9.55 Å². The molecule has 0 bridgehead atoms. The van der Waals surface area contributed by atoms with Gasteiger partial charge >= 0.3 is 137 Å². The number of methoxy groups -OCH3 is 1. The summed E-state index contributed by atoms with van der Waals surface area (Å²) >= 11 is 3.07. The minimum atomic E-state index is 0.809. The summed E-state index contributed by atoms with van der Waals surface area (Å²) in [6, 6.07) is 20.3. The van der Waals surface area contributed by atoms with Crippen LogP contribution in [0.3, 0.4) is 0 Å². The number of ether oxygens (including phenoxy) is 1. The number of aromatic nitrogens is 2. The molecule has 0 spiro atoms. The number of benzene rings is 2. The zero-order chi connectivity index (χ0) is 15.5. The number of rotatable bonds is 3. The first-order chi connectivity index (χ1) is 10.7. The Labute approximate surface area is 137 Å². The van der Waals surface area contributed by atoms with Crippen LogP contribution < -0.4 is 4.74 Å². The predicted molar refractivity (Wildman–Crippen MR) is 89.3 cm³/mol. The third kappa shape index (κ3) is 2.76. The van der Waals surface area contributed by atoms with Crippen molar-refractivity contribution in [2.45, 2.75) is 6.92 Å². The Morgan fingerprint density at radius 1 is 1.00 bits per heavy atom. The fraction of sp³-hybridized carbons (Fsp3) is 0.111. The molecular weight excluding hydrogens is 339 g/mol. The molecule has 0 fully saturated rings. The van der Waals surface area contributed by atoms with E-state index in [1.165, 1.54) is 0 Å². The molecule has 0 unspecified atom stereocenters. The molecule has 110 valence electrons. The molecule has 1 aromatic heterocycles. The Morgan fingerprint density at radius 3 is 2.41 bits per heavy atom. The Hall–Kier alpha value is -2.16. The molecule has 0 radical (unpaired) electrons. The summed E-state index contributed by atoms with van der Waals surface area (Å²) in [6.07, 6.45) is 0. The number of nitrogens with zero attached hydrogens (tertiary/aromatic N) is 2. The molecule has 2 aromatic carbocycles. The molecule has 4 heteroatoms. The predicted octanol–water partition coefficient (Wildman–Crippen LogP) is 3.56. The van der Waals surface area contributed by atoms with Gasteiger partial charge in [0.25, 0.3) is 0 Å². The quantitative estimate of drug-likeness (QED) is 0.672. The van der Waals surface area contributed by atoms with E-state index < -0.39 is 0 Å². The van der Waals surface area contributed by atoms with Gasteiger partial charge in [-0.05, 0) is 0 Å². The number of aryl methyl sites for hydroxylation is 1. The average Bonchev–Trinajstić information content (AvgIpc) is 2.55. The van der Waals surface area contributed by atoms with Crippen LogP contribution in [0.4, 0.5) is 0 Å². The van der Waals surface area contributed by atoms with Crippen LogP contribution >= 0.6 is 0 Å². The van der Waals surface area contributed by atoms with Gasteiger partial charge in [-0.15, -0.1) is 0 Å². The van der Waals surface area contributed by atoms with E-state index in [1.54, 1.807) is 7.11 Å². The van der Waals surface area contributed by atoms with E-state index in [0.29, 0.717) is 0 Å². The second-order valence-electron chi connectivity index (χ2n) is 4.94. The fourth-order valence-electron chi connectivity index (χ4n) is 2.47. The summed E-state index contributed by atoms with van der Waals surface area (Å²) in [4.78, 5) is 4.56. The third-order valence-electron chi connectivity index (χ3n) is 3.45. The summed E-state index contributed by atoms with van der Waals surface area (Å²) in [5.41, 5.74) is 4.14. The Balaban J connectivity index is 2.34. The summed E-state index contributed by atoms with van der Waals surface area (Å²) < 4.78 is 8.41. The van der Waals surface area contributed by atoms with Crippen molar-refractivity contribution in [3.8, 4) is 22.7 Å². The van der Waals surface area contributed by atoms with Crippen molar-refractivity contribution >= 4 is 15.6 Å². The molecule has 22 heavy (non-hydrogen) atoms. The zero-order valence-electron chi connectivity index (χ0n) is 12.5. The monoisotopic (exact) mass is 356 g/mol. The van der Waals surface area contributed by atoms with Crippen LogP contribution in [0.1, 0.15) is 5.69 Å². The van der Waals surface area contributed by atoms with E-state index in [0.717, 1.165) is 32.7 Å². The Morgan fingerprint density at radius 2 is 1.68 bits per heavy atom. The van der Waals surface area contributed by atoms with Crippen molar-refractivity contribution in [2.24, 2.45) is 0 Å². The molecular formula is C18H16N2OSe. The van der Waals surface area contributed by atoms with E-state index in [-0.39, 0.29) is 0 Å². The van der Waals surface area contributed by atoms with Crippen LogP contribution in [-0.4, -0.2) is 32.2 Å². The molecule has 0 amide bonds. The molecule has 0 aliphatic heterocycles. The van der Waals surface area contributed by atoms with Crippen molar-refractivity contribution in [2.75, 3.05) is 7.11 Å². The van der Waals surface area contributed by atoms with E-state index in [1.807, 2.05) is 49.4 Å². The molecule has 3 rings (SSSR count). The van der Waals surface area contributed by atoms with Crippen LogP contribution in [0.5, 0.6) is 5.75 Å². The standard InChI is InChI=1S/C18H16N2OSe/c1-13-12-16(14-8-4-3-5-9-14)20(18(22)19-13)15-10-6-7-11-17(15)21-2/h3-12H,1-2H3. The average molecular weight is 355 g/mol. The van der Waals surface area contributed by atoms with Gasteiger partial charge < -0.3 is 0 Å². The number of para-hydroxylation sites is 2. The van der Waals surface area contributed by atoms with Gasteiger partial charge in [0.15, 0.2) is 0 Å². The summed E-state index contributed by atoms with van der Waals surface area (Å²) in [6.45, 7) is 2.00. The van der Waals surface area contributed by atoms with Gasteiger partial charge in [-0.2, -0.15) is 0 Å². The van der Waals surface area contributed by atoms with Crippen LogP contribution in [-0.2, 0) is 0 Å². The second-order valence-corrected chi connectivity index (χ2v) is 5.70. The van der Waals surface area contributed by atoms with Gasteiger partial charge in [0.05, 0.1) is 0 Å². The Kier molecular flexibility index (Phi) is 4.23.